The quantitative estimate of drug-likeness (QED) is 0.0361. The van der Waals surface area contributed by atoms with Crippen molar-refractivity contribution in [1.82, 2.24) is 52.0 Å². The molecule has 0 unspecified atom stereocenters. The lowest BCUT2D eigenvalue weighted by molar-refractivity contribution is -0.148. The van der Waals surface area contributed by atoms with E-state index in [1.807, 2.05) is 56.5 Å². The number of primary amides is 1. The summed E-state index contributed by atoms with van der Waals surface area (Å²) in [5, 5.41) is 24.4. The molecule has 4 rings (SSSR count). The van der Waals surface area contributed by atoms with E-state index in [0.29, 0.717) is 56.6 Å². The van der Waals surface area contributed by atoms with Crippen molar-refractivity contribution < 1.29 is 71.6 Å². The molecule has 29 heteroatoms. The first kappa shape index (κ1) is 80.6. The molecule has 1 fully saturated rings. The number of carbonyl (C=O) groups excluding carboxylic acids is 10. The van der Waals surface area contributed by atoms with Crippen LogP contribution in [0, 0.1) is 23.7 Å². The summed E-state index contributed by atoms with van der Waals surface area (Å²) in [5.41, 5.74) is 10.9. The van der Waals surface area contributed by atoms with Gasteiger partial charge < -0.3 is 87.5 Å². The van der Waals surface area contributed by atoms with Crippen LogP contribution in [0.2, 0.25) is 0 Å². The van der Waals surface area contributed by atoms with Crippen LogP contribution in [0.1, 0.15) is 130 Å². The Hall–Kier alpha value is -7.83. The summed E-state index contributed by atoms with van der Waals surface area (Å²) in [6, 6.07) is 9.36. The Bertz CT molecular complexity index is 2960. The van der Waals surface area contributed by atoms with Gasteiger partial charge in [-0.05, 0) is 87.0 Å². The second-order valence-corrected chi connectivity index (χ2v) is 26.3. The first-order valence-corrected chi connectivity index (χ1v) is 33.7. The van der Waals surface area contributed by atoms with E-state index in [-0.39, 0.29) is 76.0 Å². The summed E-state index contributed by atoms with van der Waals surface area (Å²) in [4.78, 5) is 143. The highest BCUT2D eigenvalue weighted by Crippen LogP contribution is 2.31. The van der Waals surface area contributed by atoms with Crippen LogP contribution in [0.3, 0.4) is 0 Å². The number of urea groups is 1. The number of likely N-dealkylation sites (N-methyl/N-ethyl adjacent to an activating group) is 1. The van der Waals surface area contributed by atoms with E-state index in [4.69, 9.17) is 35.2 Å². The fourth-order valence-corrected chi connectivity index (χ4v) is 12.0. The van der Waals surface area contributed by atoms with Gasteiger partial charge in [-0.15, -0.1) is 11.3 Å². The summed E-state index contributed by atoms with van der Waals surface area (Å²) in [6.07, 6.45) is 2.01. The molecule has 1 aliphatic rings. The summed E-state index contributed by atoms with van der Waals surface area (Å²) in [5.74, 6) is -5.82. The van der Waals surface area contributed by atoms with Crippen molar-refractivity contribution >= 4 is 76.4 Å². The molecule has 12 N–H and O–H groups in total. The van der Waals surface area contributed by atoms with Crippen molar-refractivity contribution in [2.75, 3.05) is 72.6 Å². The molecule has 11 atom stereocenters. The van der Waals surface area contributed by atoms with Crippen molar-refractivity contribution in [3.05, 3.63) is 82.3 Å². The number of anilines is 1. The molecule has 0 bridgehead atoms. The van der Waals surface area contributed by atoms with Crippen molar-refractivity contribution in [3.8, 4) is 0 Å². The molecular formula is C67H105N13O15S. The number of benzene rings is 2. The number of nitrogens with one attached hydrogen (secondary N) is 8. The lowest BCUT2D eigenvalue weighted by atomic mass is 9.89. The van der Waals surface area contributed by atoms with E-state index in [1.165, 1.54) is 44.1 Å². The molecule has 3 aromatic rings. The fourth-order valence-electron chi connectivity index (χ4n) is 11.3. The number of aromatic nitrogens is 1. The zero-order valence-corrected chi connectivity index (χ0v) is 58.8. The number of rotatable bonds is 41. The molecule has 0 saturated carbocycles. The minimum absolute atomic E-state index is 0.0399. The minimum atomic E-state index is -1.60. The Labute approximate surface area is 568 Å². The molecule has 2 heterocycles. The number of nitrogens with zero attached hydrogens (tertiary/aromatic N) is 3. The van der Waals surface area contributed by atoms with Crippen molar-refractivity contribution in [2.45, 2.75) is 181 Å². The Morgan fingerprint density at radius 2 is 1.46 bits per heavy atom. The van der Waals surface area contributed by atoms with Gasteiger partial charge >= 0.3 is 12.1 Å². The normalized spacial score (nSPS) is 16.2. The third-order valence-electron chi connectivity index (χ3n) is 16.9. The molecular weight excluding hydrogens is 1260 g/mol. The maximum atomic E-state index is 14.7. The maximum Gasteiger partial charge on any atom is 0.408 e. The maximum absolute atomic E-state index is 14.7. The van der Waals surface area contributed by atoms with Crippen LogP contribution in [0.4, 0.5) is 15.3 Å². The summed E-state index contributed by atoms with van der Waals surface area (Å²) >= 11 is 1.47. The van der Waals surface area contributed by atoms with Crippen LogP contribution in [0.25, 0.3) is 0 Å². The van der Waals surface area contributed by atoms with Crippen molar-refractivity contribution in [3.63, 3.8) is 0 Å². The van der Waals surface area contributed by atoms with Crippen LogP contribution in [0.5, 0.6) is 0 Å². The predicted molar refractivity (Wildman–Crippen MR) is 362 cm³/mol. The van der Waals surface area contributed by atoms with Gasteiger partial charge in [0.1, 0.15) is 41.3 Å². The van der Waals surface area contributed by atoms with E-state index in [2.05, 4.69) is 47.5 Å². The van der Waals surface area contributed by atoms with Gasteiger partial charge in [-0.3, -0.25) is 38.4 Å². The van der Waals surface area contributed by atoms with E-state index in [0.717, 1.165) is 10.6 Å². The lowest BCUT2D eigenvalue weighted by Crippen LogP contribution is -2.62. The number of amides is 11. The number of methoxy groups -OCH3 is 2. The van der Waals surface area contributed by atoms with Gasteiger partial charge in [0, 0.05) is 65.1 Å². The Kier molecular flexibility index (Phi) is 34.1. The topological polar surface area (TPSA) is 384 Å². The number of likely N-dealkylation sites (tertiary alicyclic amines) is 1. The summed E-state index contributed by atoms with van der Waals surface area (Å²) < 4.78 is 28.5. The van der Waals surface area contributed by atoms with Gasteiger partial charge in [0.25, 0.3) is 0 Å². The highest BCUT2D eigenvalue weighted by atomic mass is 32.1. The second kappa shape index (κ2) is 40.7. The molecule has 0 aliphatic carbocycles. The van der Waals surface area contributed by atoms with Gasteiger partial charge in [0.2, 0.25) is 47.3 Å². The molecule has 534 valence electrons. The molecule has 96 heavy (non-hydrogen) atoms. The van der Waals surface area contributed by atoms with Gasteiger partial charge in [-0.1, -0.05) is 97.4 Å². The number of carbonyl (C=O) groups is 10. The van der Waals surface area contributed by atoms with Gasteiger partial charge in [0.15, 0.2) is 0 Å². The smallest absolute Gasteiger partial charge is 0.408 e. The zero-order valence-electron chi connectivity index (χ0n) is 58.0. The van der Waals surface area contributed by atoms with Gasteiger partial charge in [-0.25, -0.2) is 14.6 Å². The Morgan fingerprint density at radius 3 is 2.05 bits per heavy atom. The lowest BCUT2D eigenvalue weighted by Gasteiger charge is -2.41. The largest absolute Gasteiger partial charge is 0.445 e. The molecule has 1 aliphatic heterocycles. The minimum Gasteiger partial charge on any atom is -0.445 e. The van der Waals surface area contributed by atoms with Gasteiger partial charge in [-0.2, -0.15) is 0 Å². The Balaban J connectivity index is 1.37. The van der Waals surface area contributed by atoms with Crippen LogP contribution in [-0.4, -0.2) is 195 Å². The van der Waals surface area contributed by atoms with E-state index < -0.39 is 119 Å². The monoisotopic (exact) mass is 1360 g/mol. The van der Waals surface area contributed by atoms with Crippen molar-refractivity contribution in [2.24, 2.45) is 35.1 Å². The van der Waals surface area contributed by atoms with E-state index in [9.17, 15) is 47.9 Å². The number of nitrogens with two attached hydrogens (primary N) is 2. The highest BCUT2D eigenvalue weighted by molar-refractivity contribution is 7.09. The number of thiazole rings is 1. The van der Waals surface area contributed by atoms with Crippen LogP contribution in [0.15, 0.2) is 66.2 Å². The van der Waals surface area contributed by atoms with Crippen LogP contribution < -0.4 is 54.0 Å². The van der Waals surface area contributed by atoms with Gasteiger partial charge in [0.05, 0.1) is 69.1 Å². The zero-order chi connectivity index (χ0) is 71.2. The SMILES string of the molecule is CC[C@H](C)[C@@H]([C@@H](CC(=O)N1CCC[C@H]1[C@H](OC)[C@@H](C)C(=O)N[C@@H](Cc1ccccc1)c1nccs1)OC)N(C)C(=O)[C@@H](NC(=O)C(C)(C)NC(=O)OCc1ccc(NC(=O)[C@H](CCCNC(N)=O)NC(=O)[C@@H](NC(=O)[C@H](COCCOCCN)NC(C)=O)C(C)C)cc1)C(C)C. The first-order chi connectivity index (χ1) is 45.6. The number of ether oxygens (including phenoxy) is 5. The summed E-state index contributed by atoms with van der Waals surface area (Å²) in [7, 11) is 4.68. The second-order valence-electron chi connectivity index (χ2n) is 25.4. The molecule has 0 spiro atoms. The average molecular weight is 1360 g/mol. The number of alkyl carbamates (subject to hydrolysis) is 1. The summed E-state index contributed by atoms with van der Waals surface area (Å²) in [6.45, 7) is 17.9. The highest BCUT2D eigenvalue weighted by Gasteiger charge is 2.44. The molecule has 1 saturated heterocycles. The standard InChI is InChI=1S/C67H105N13O15S/c1-14-42(6)56(52(91-12)37-53(82)80-31-19-23-51(80)57(92-13)43(7)58(83)75-49(62-70-30-35-96-62)36-45-20-16-15-17-21-45)79(11)63(87)55(41(4)5)77-64(88)67(9,10)78-66(90)95-38-46-24-26-47(27-25-46)73-59(84)48(22-18-29-71-65(69)89)74-61(86)54(40(2)3)76-60(85)50(72-44(8)81)39-94-34-33-93-32-28-68/h15-17,20-21,24-27,30,35,40-43,48-52,54-57H,14,18-19,22-23,28-29,31-34,36-39,68H2,1-13H3,(H,72,81)(H,73,84)(H,74,86)(H,75,83)(H,76,85)(H,77,88)(H,78,90)(H3,69,71,89)/t42-,43+,48-,49-,50-,51-,52+,54-,55-,56-,57+/m0/s1. The van der Waals surface area contributed by atoms with Crippen LogP contribution in [-0.2, 0) is 75.1 Å². The predicted octanol–water partition coefficient (Wildman–Crippen LogP) is 3.82. The molecule has 2 aromatic carbocycles. The molecule has 1 aromatic heterocycles. The third-order valence-corrected chi connectivity index (χ3v) is 17.8. The number of hydrogen-bond donors (Lipinski definition) is 10. The van der Waals surface area contributed by atoms with Crippen molar-refractivity contribution in [1.29, 1.82) is 0 Å². The third kappa shape index (κ3) is 25.6. The molecule has 28 nitrogen and oxygen atoms in total. The average Bonchev–Trinajstić information content (AvgIpc) is 1.68. The van der Waals surface area contributed by atoms with E-state index in [1.54, 1.807) is 77.2 Å². The molecule has 0 radical (unpaired) electrons. The number of hydrogen-bond acceptors (Lipinski definition) is 18. The fraction of sp³-hybridized carbons (Fsp3) is 0.627. The van der Waals surface area contributed by atoms with Crippen LogP contribution >= 0.6 is 11.3 Å². The Morgan fingerprint density at radius 1 is 0.781 bits per heavy atom. The first-order valence-electron chi connectivity index (χ1n) is 32.8. The van der Waals surface area contributed by atoms with E-state index >= 15 is 0 Å². The molecule has 11 amide bonds.